The molecule has 0 bridgehead atoms. The molecule has 0 amide bonds. The SMILES string of the molecule is CN(CCOC(=O)C(C)(Br)CC(C)(C)C(=O)O)CC(=O)O. The van der Waals surface area contributed by atoms with Crippen LogP contribution >= 0.6 is 15.9 Å². The lowest BCUT2D eigenvalue weighted by molar-refractivity contribution is -0.151. The summed E-state index contributed by atoms with van der Waals surface area (Å²) in [6.45, 7) is 4.79. The fourth-order valence-electron chi connectivity index (χ4n) is 1.73. The van der Waals surface area contributed by atoms with Gasteiger partial charge in [-0.05, 0) is 34.2 Å². The van der Waals surface area contributed by atoms with Gasteiger partial charge in [-0.1, -0.05) is 15.9 Å². The molecule has 0 aromatic rings. The van der Waals surface area contributed by atoms with Gasteiger partial charge in [0.25, 0.3) is 0 Å². The van der Waals surface area contributed by atoms with Crippen LogP contribution in [0.4, 0.5) is 0 Å². The molecule has 1 atom stereocenters. The first-order valence-electron chi connectivity index (χ1n) is 6.38. The lowest BCUT2D eigenvalue weighted by atomic mass is 9.83. The van der Waals surface area contributed by atoms with Gasteiger partial charge in [0, 0.05) is 6.54 Å². The Labute approximate surface area is 132 Å². The van der Waals surface area contributed by atoms with Gasteiger partial charge in [-0.2, -0.15) is 0 Å². The number of esters is 1. The summed E-state index contributed by atoms with van der Waals surface area (Å²) in [5, 5.41) is 17.7. The van der Waals surface area contributed by atoms with Crippen LogP contribution in [-0.2, 0) is 19.1 Å². The zero-order valence-corrected chi connectivity index (χ0v) is 14.3. The van der Waals surface area contributed by atoms with Crippen LogP contribution in [0.3, 0.4) is 0 Å². The predicted molar refractivity (Wildman–Crippen MR) is 79.5 cm³/mol. The number of alkyl halides is 1. The number of halogens is 1. The first kappa shape index (κ1) is 19.9. The van der Waals surface area contributed by atoms with E-state index < -0.39 is 27.6 Å². The number of carboxylic acid groups (broad SMARTS) is 2. The molecule has 7 nitrogen and oxygen atoms in total. The van der Waals surface area contributed by atoms with E-state index in [1.54, 1.807) is 14.0 Å². The smallest absolute Gasteiger partial charge is 0.322 e. The Bertz CT molecular complexity index is 407. The Morgan fingerprint density at radius 1 is 1.19 bits per heavy atom. The van der Waals surface area contributed by atoms with Crippen LogP contribution in [0.25, 0.3) is 0 Å². The van der Waals surface area contributed by atoms with Crippen LogP contribution in [0.2, 0.25) is 0 Å². The number of ether oxygens (including phenoxy) is 1. The predicted octanol–water partition coefficient (Wildman–Crippen LogP) is 1.20. The third-order valence-electron chi connectivity index (χ3n) is 2.89. The van der Waals surface area contributed by atoms with Crippen molar-refractivity contribution in [3.8, 4) is 0 Å². The number of likely N-dealkylation sites (N-methyl/N-ethyl adjacent to an activating group) is 1. The molecule has 0 saturated heterocycles. The van der Waals surface area contributed by atoms with Gasteiger partial charge in [0.1, 0.15) is 10.9 Å². The molecular formula is C13H22BrNO6. The maximum Gasteiger partial charge on any atom is 0.322 e. The lowest BCUT2D eigenvalue weighted by Gasteiger charge is -2.28. The van der Waals surface area contributed by atoms with Crippen molar-refractivity contribution >= 4 is 33.8 Å². The van der Waals surface area contributed by atoms with Gasteiger partial charge in [0.2, 0.25) is 0 Å². The summed E-state index contributed by atoms with van der Waals surface area (Å²) in [4.78, 5) is 35.0. The second kappa shape index (κ2) is 7.74. The number of carbonyl (C=O) groups excluding carboxylic acids is 1. The number of aliphatic carboxylic acids is 2. The van der Waals surface area contributed by atoms with Crippen molar-refractivity contribution in [2.75, 3.05) is 26.7 Å². The number of hydrogen-bond donors (Lipinski definition) is 2. The zero-order chi connectivity index (χ0) is 16.8. The first-order valence-corrected chi connectivity index (χ1v) is 7.17. The molecule has 0 rings (SSSR count). The van der Waals surface area contributed by atoms with Gasteiger partial charge in [0.15, 0.2) is 0 Å². The van der Waals surface area contributed by atoms with Crippen LogP contribution < -0.4 is 0 Å². The van der Waals surface area contributed by atoms with Crippen molar-refractivity contribution in [1.82, 2.24) is 4.90 Å². The normalized spacial score (nSPS) is 14.6. The molecule has 8 heteroatoms. The average molecular weight is 368 g/mol. The van der Waals surface area contributed by atoms with Crippen molar-refractivity contribution in [3.05, 3.63) is 0 Å². The molecule has 0 aromatic heterocycles. The van der Waals surface area contributed by atoms with Crippen molar-refractivity contribution in [1.29, 1.82) is 0 Å². The zero-order valence-electron chi connectivity index (χ0n) is 12.7. The van der Waals surface area contributed by atoms with Gasteiger partial charge in [0.05, 0.1) is 12.0 Å². The average Bonchev–Trinajstić information content (AvgIpc) is 2.25. The number of carboxylic acids is 2. The van der Waals surface area contributed by atoms with Gasteiger partial charge in [-0.15, -0.1) is 0 Å². The van der Waals surface area contributed by atoms with E-state index >= 15 is 0 Å². The van der Waals surface area contributed by atoms with Crippen molar-refractivity contribution in [2.24, 2.45) is 5.41 Å². The lowest BCUT2D eigenvalue weighted by Crippen LogP contribution is -2.40. The van der Waals surface area contributed by atoms with Crippen LogP contribution in [0.15, 0.2) is 0 Å². The summed E-state index contributed by atoms with van der Waals surface area (Å²) in [6, 6.07) is 0. The molecule has 0 aliphatic heterocycles. The third-order valence-corrected chi connectivity index (χ3v) is 3.49. The molecule has 0 aromatic carbocycles. The highest BCUT2D eigenvalue weighted by Crippen LogP contribution is 2.35. The van der Waals surface area contributed by atoms with E-state index in [1.807, 2.05) is 0 Å². The maximum atomic E-state index is 12.0. The Balaban J connectivity index is 4.38. The second-order valence-electron chi connectivity index (χ2n) is 5.83. The van der Waals surface area contributed by atoms with Gasteiger partial charge in [-0.25, -0.2) is 0 Å². The minimum atomic E-state index is -1.11. The van der Waals surface area contributed by atoms with Gasteiger partial charge >= 0.3 is 17.9 Å². The summed E-state index contributed by atoms with van der Waals surface area (Å²) >= 11 is 3.21. The van der Waals surface area contributed by atoms with Gasteiger partial charge in [-0.3, -0.25) is 19.3 Å². The van der Waals surface area contributed by atoms with Crippen LogP contribution in [0.5, 0.6) is 0 Å². The first-order chi connectivity index (χ1) is 9.38. The monoisotopic (exact) mass is 367 g/mol. The van der Waals surface area contributed by atoms with E-state index in [-0.39, 0.29) is 26.1 Å². The Hall–Kier alpha value is -1.15. The standard InChI is InChI=1S/C13H22BrNO6/c1-12(2,10(18)19)8-13(3,14)11(20)21-6-5-15(4)7-9(16)17/h5-8H2,1-4H3,(H,16,17)(H,18,19). The molecule has 21 heavy (non-hydrogen) atoms. The topological polar surface area (TPSA) is 104 Å². The fourth-order valence-corrected chi connectivity index (χ4v) is 2.55. The summed E-state index contributed by atoms with van der Waals surface area (Å²) in [6.07, 6.45) is 0.0686. The number of nitrogens with zero attached hydrogens (tertiary/aromatic N) is 1. The third kappa shape index (κ3) is 7.42. The molecule has 0 aliphatic rings. The van der Waals surface area contributed by atoms with Gasteiger partial charge < -0.3 is 14.9 Å². The summed E-state index contributed by atoms with van der Waals surface area (Å²) < 4.78 is 3.96. The largest absolute Gasteiger partial charge is 0.481 e. The number of rotatable bonds is 9. The van der Waals surface area contributed by atoms with E-state index in [0.717, 1.165) is 0 Å². The number of carbonyl (C=O) groups is 3. The Kier molecular flexibility index (Phi) is 7.32. The van der Waals surface area contributed by atoms with E-state index in [1.165, 1.54) is 18.7 Å². The summed E-state index contributed by atoms with van der Waals surface area (Å²) in [5.74, 6) is -2.53. The Morgan fingerprint density at radius 2 is 1.71 bits per heavy atom. The summed E-state index contributed by atoms with van der Waals surface area (Å²) in [7, 11) is 1.60. The molecule has 0 aliphatic carbocycles. The highest BCUT2D eigenvalue weighted by atomic mass is 79.9. The number of hydrogen-bond acceptors (Lipinski definition) is 5. The van der Waals surface area contributed by atoms with E-state index in [4.69, 9.17) is 14.9 Å². The highest BCUT2D eigenvalue weighted by molar-refractivity contribution is 9.10. The van der Waals surface area contributed by atoms with Crippen LogP contribution in [0, 0.1) is 5.41 Å². The molecule has 0 saturated carbocycles. The van der Waals surface area contributed by atoms with E-state index in [2.05, 4.69) is 15.9 Å². The van der Waals surface area contributed by atoms with Crippen molar-refractivity contribution in [3.63, 3.8) is 0 Å². The molecule has 122 valence electrons. The van der Waals surface area contributed by atoms with Crippen molar-refractivity contribution in [2.45, 2.75) is 31.5 Å². The fraction of sp³-hybridized carbons (Fsp3) is 0.769. The van der Waals surface area contributed by atoms with Crippen LogP contribution in [-0.4, -0.2) is 64.1 Å². The molecule has 2 N–H and O–H groups in total. The Morgan fingerprint density at radius 3 is 2.14 bits per heavy atom. The second-order valence-corrected chi connectivity index (χ2v) is 7.58. The van der Waals surface area contributed by atoms with E-state index in [0.29, 0.717) is 0 Å². The van der Waals surface area contributed by atoms with Crippen LogP contribution in [0.1, 0.15) is 27.2 Å². The minimum Gasteiger partial charge on any atom is -0.481 e. The molecule has 0 spiro atoms. The molecule has 0 radical (unpaired) electrons. The van der Waals surface area contributed by atoms with E-state index in [9.17, 15) is 14.4 Å². The maximum absolute atomic E-state index is 12.0. The summed E-state index contributed by atoms with van der Waals surface area (Å²) in [5.41, 5.74) is -1.07. The molecular weight excluding hydrogens is 346 g/mol. The molecule has 0 heterocycles. The quantitative estimate of drug-likeness (QED) is 0.466. The molecule has 1 unspecified atom stereocenters. The van der Waals surface area contributed by atoms with Crippen molar-refractivity contribution < 1.29 is 29.3 Å². The molecule has 0 fully saturated rings. The minimum absolute atomic E-state index is 0.0390. The highest BCUT2D eigenvalue weighted by Gasteiger charge is 2.41.